The van der Waals surface area contributed by atoms with Crippen molar-refractivity contribution in [2.45, 2.75) is 13.3 Å². The van der Waals surface area contributed by atoms with Gasteiger partial charge in [0.15, 0.2) is 0 Å². The fraction of sp³-hybridized carbons (Fsp3) is 0.889. The van der Waals surface area contributed by atoms with Crippen molar-refractivity contribution in [2.24, 2.45) is 0 Å². The van der Waals surface area contributed by atoms with Crippen LogP contribution in [0.5, 0.6) is 0 Å². The molecule has 0 saturated heterocycles. The lowest BCUT2D eigenvalue weighted by Crippen LogP contribution is -2.34. The van der Waals surface area contributed by atoms with Crippen LogP contribution in [0, 0.1) is 0 Å². The lowest BCUT2D eigenvalue weighted by atomic mass is 10.5. The van der Waals surface area contributed by atoms with Gasteiger partial charge in [0.2, 0.25) is 10.0 Å². The van der Waals surface area contributed by atoms with Crippen LogP contribution in [0.3, 0.4) is 0 Å². The van der Waals surface area contributed by atoms with Crippen LogP contribution in [0.1, 0.15) is 13.3 Å². The topological polar surface area (TPSA) is 72.9 Å². The second-order valence-electron chi connectivity index (χ2n) is 3.22. The third-order valence-electron chi connectivity index (χ3n) is 1.88. The zero-order chi connectivity index (χ0) is 12.6. The Hall–Kier alpha value is -0.660. The summed E-state index contributed by atoms with van der Waals surface area (Å²) in [5, 5.41) is 0. The number of likely N-dealkylation sites (N-methyl/N-ethyl adjacent to an activating group) is 1. The molecule has 0 aliphatic rings. The van der Waals surface area contributed by atoms with Crippen LogP contribution in [0.4, 0.5) is 0 Å². The van der Waals surface area contributed by atoms with Crippen molar-refractivity contribution in [3.8, 4) is 0 Å². The first-order valence-corrected chi connectivity index (χ1v) is 6.63. The summed E-state index contributed by atoms with van der Waals surface area (Å²) in [6, 6.07) is 0. The molecule has 0 aliphatic carbocycles. The molecule has 0 aliphatic heterocycles. The first kappa shape index (κ1) is 15.3. The summed E-state index contributed by atoms with van der Waals surface area (Å²) in [6.45, 7) is 2.05. The molecule has 0 fully saturated rings. The van der Waals surface area contributed by atoms with Gasteiger partial charge in [0.25, 0.3) is 0 Å². The van der Waals surface area contributed by atoms with Crippen LogP contribution in [0.2, 0.25) is 0 Å². The average Bonchev–Trinajstić information content (AvgIpc) is 2.18. The van der Waals surface area contributed by atoms with E-state index in [9.17, 15) is 13.2 Å². The Labute approximate surface area is 96.6 Å². The van der Waals surface area contributed by atoms with Gasteiger partial charge in [-0.25, -0.2) is 8.42 Å². The number of esters is 1. The summed E-state index contributed by atoms with van der Waals surface area (Å²) < 4.78 is 33.6. The standard InChI is InChI=1S/C9H19NO5S/c1-4-15-9(11)8-10(2)16(12,13)7-5-6-14-3/h4-8H2,1-3H3. The molecule has 0 aromatic carbocycles. The summed E-state index contributed by atoms with van der Waals surface area (Å²) in [4.78, 5) is 11.1. The second-order valence-corrected chi connectivity index (χ2v) is 5.42. The van der Waals surface area contributed by atoms with E-state index in [1.54, 1.807) is 6.92 Å². The molecule has 96 valence electrons. The molecule has 0 bridgehead atoms. The Bertz CT molecular complexity index is 301. The van der Waals surface area contributed by atoms with Gasteiger partial charge in [-0.1, -0.05) is 0 Å². The number of nitrogens with zero attached hydrogens (tertiary/aromatic N) is 1. The molecule has 0 heterocycles. The van der Waals surface area contributed by atoms with Crippen molar-refractivity contribution >= 4 is 16.0 Å². The van der Waals surface area contributed by atoms with Gasteiger partial charge in [0, 0.05) is 20.8 Å². The van der Waals surface area contributed by atoms with E-state index < -0.39 is 16.0 Å². The number of methoxy groups -OCH3 is 1. The van der Waals surface area contributed by atoms with Crippen LogP contribution in [0.25, 0.3) is 0 Å². The van der Waals surface area contributed by atoms with E-state index >= 15 is 0 Å². The maximum Gasteiger partial charge on any atom is 0.321 e. The molecule has 7 heteroatoms. The highest BCUT2D eigenvalue weighted by atomic mass is 32.2. The van der Waals surface area contributed by atoms with Crippen molar-refractivity contribution in [1.82, 2.24) is 4.31 Å². The summed E-state index contributed by atoms with van der Waals surface area (Å²) >= 11 is 0. The number of sulfonamides is 1. The van der Waals surface area contributed by atoms with E-state index in [0.717, 1.165) is 4.31 Å². The van der Waals surface area contributed by atoms with Gasteiger partial charge in [-0.2, -0.15) is 4.31 Å². The monoisotopic (exact) mass is 253 g/mol. The van der Waals surface area contributed by atoms with Gasteiger partial charge in [-0.3, -0.25) is 4.79 Å². The van der Waals surface area contributed by atoms with Gasteiger partial charge in [0.1, 0.15) is 6.54 Å². The predicted molar refractivity (Wildman–Crippen MR) is 59.5 cm³/mol. The third kappa shape index (κ3) is 6.04. The first-order chi connectivity index (χ1) is 7.44. The number of carbonyl (C=O) groups excluding carboxylic acids is 1. The third-order valence-corrected chi connectivity index (χ3v) is 3.77. The molecule has 0 unspecified atom stereocenters. The quantitative estimate of drug-likeness (QED) is 0.444. The summed E-state index contributed by atoms with van der Waals surface area (Å²) in [6.07, 6.45) is 0.409. The predicted octanol–water partition coefficient (Wildman–Crippen LogP) is -0.152. The van der Waals surface area contributed by atoms with Gasteiger partial charge in [-0.15, -0.1) is 0 Å². The van der Waals surface area contributed by atoms with Crippen LogP contribution in [-0.4, -0.2) is 58.4 Å². The number of hydrogen-bond donors (Lipinski definition) is 0. The van der Waals surface area contributed by atoms with Crippen molar-refractivity contribution in [1.29, 1.82) is 0 Å². The molecule has 16 heavy (non-hydrogen) atoms. The van der Waals surface area contributed by atoms with Gasteiger partial charge in [0.05, 0.1) is 12.4 Å². The maximum atomic E-state index is 11.6. The molecule has 0 N–H and O–H groups in total. The highest BCUT2D eigenvalue weighted by molar-refractivity contribution is 7.89. The Balaban J connectivity index is 4.13. The van der Waals surface area contributed by atoms with Crippen LogP contribution in [-0.2, 0) is 24.3 Å². The number of ether oxygens (including phenoxy) is 2. The smallest absolute Gasteiger partial charge is 0.321 e. The van der Waals surface area contributed by atoms with Crippen molar-refractivity contribution in [2.75, 3.05) is 39.7 Å². The average molecular weight is 253 g/mol. The van der Waals surface area contributed by atoms with E-state index in [4.69, 9.17) is 4.74 Å². The lowest BCUT2D eigenvalue weighted by Gasteiger charge is -2.15. The zero-order valence-corrected chi connectivity index (χ0v) is 10.7. The highest BCUT2D eigenvalue weighted by Gasteiger charge is 2.20. The molecule has 0 radical (unpaired) electrons. The molecule has 0 aromatic rings. The van der Waals surface area contributed by atoms with Gasteiger partial charge < -0.3 is 9.47 Å². The molecule has 0 amide bonds. The molecular formula is C9H19NO5S. The van der Waals surface area contributed by atoms with E-state index in [-0.39, 0.29) is 18.9 Å². The lowest BCUT2D eigenvalue weighted by molar-refractivity contribution is -0.143. The van der Waals surface area contributed by atoms with Crippen LogP contribution >= 0.6 is 0 Å². The molecule has 6 nitrogen and oxygen atoms in total. The molecule has 0 atom stereocenters. The van der Waals surface area contributed by atoms with E-state index in [2.05, 4.69) is 4.74 Å². The Morgan fingerprint density at radius 2 is 2.00 bits per heavy atom. The Morgan fingerprint density at radius 1 is 1.38 bits per heavy atom. The fourth-order valence-corrected chi connectivity index (χ4v) is 2.12. The highest BCUT2D eigenvalue weighted by Crippen LogP contribution is 2.01. The van der Waals surface area contributed by atoms with Crippen molar-refractivity contribution < 1.29 is 22.7 Å². The number of carbonyl (C=O) groups is 1. The normalized spacial score (nSPS) is 11.8. The fourth-order valence-electron chi connectivity index (χ4n) is 1.03. The summed E-state index contributed by atoms with van der Waals surface area (Å²) in [5.74, 6) is -0.572. The van der Waals surface area contributed by atoms with Crippen molar-refractivity contribution in [3.05, 3.63) is 0 Å². The first-order valence-electron chi connectivity index (χ1n) is 5.02. The summed E-state index contributed by atoms with van der Waals surface area (Å²) in [5.41, 5.74) is 0. The minimum Gasteiger partial charge on any atom is -0.465 e. The second kappa shape index (κ2) is 7.59. The largest absolute Gasteiger partial charge is 0.465 e. The minimum atomic E-state index is -3.39. The minimum absolute atomic E-state index is 0.0310. The zero-order valence-electron chi connectivity index (χ0n) is 9.93. The molecular weight excluding hydrogens is 234 g/mol. The number of rotatable bonds is 8. The molecule has 0 aromatic heterocycles. The SMILES string of the molecule is CCOC(=O)CN(C)S(=O)(=O)CCCOC. The molecule has 0 rings (SSSR count). The van der Waals surface area contributed by atoms with Crippen LogP contribution < -0.4 is 0 Å². The number of hydrogen-bond acceptors (Lipinski definition) is 5. The van der Waals surface area contributed by atoms with Crippen molar-refractivity contribution in [3.63, 3.8) is 0 Å². The van der Waals surface area contributed by atoms with Crippen LogP contribution in [0.15, 0.2) is 0 Å². The van der Waals surface area contributed by atoms with Gasteiger partial charge in [-0.05, 0) is 13.3 Å². The Kier molecular flexibility index (Phi) is 7.27. The van der Waals surface area contributed by atoms with E-state index in [1.165, 1.54) is 14.2 Å². The van der Waals surface area contributed by atoms with Gasteiger partial charge >= 0.3 is 5.97 Å². The molecule has 0 spiro atoms. The molecule has 0 saturated carbocycles. The maximum absolute atomic E-state index is 11.6. The van der Waals surface area contributed by atoms with E-state index in [0.29, 0.717) is 13.0 Å². The van der Waals surface area contributed by atoms with E-state index in [1.807, 2.05) is 0 Å². The Morgan fingerprint density at radius 3 is 2.50 bits per heavy atom. The summed E-state index contributed by atoms with van der Waals surface area (Å²) in [7, 11) is -0.524.